The first-order valence-corrected chi connectivity index (χ1v) is 7.94. The van der Waals surface area contributed by atoms with Gasteiger partial charge in [0.15, 0.2) is 0 Å². The summed E-state index contributed by atoms with van der Waals surface area (Å²) in [6, 6.07) is 0. The third-order valence-electron chi connectivity index (χ3n) is 4.28. The minimum absolute atomic E-state index is 0.416. The third kappa shape index (κ3) is 4.09. The second kappa shape index (κ2) is 5.68. The summed E-state index contributed by atoms with van der Waals surface area (Å²) in [5, 5.41) is 0. The molecule has 1 aromatic heterocycles. The van der Waals surface area contributed by atoms with Crippen LogP contribution in [0.25, 0.3) is 0 Å². The monoisotopic (exact) mass is 262 g/mol. The second-order valence-corrected chi connectivity index (χ2v) is 7.70. The Morgan fingerprint density at radius 3 is 2.74 bits per heavy atom. The Labute approximate surface area is 118 Å². The average Bonchev–Trinajstić information content (AvgIpc) is 2.66. The largest absolute Gasteiger partial charge is 0.346 e. The first-order valence-electron chi connectivity index (χ1n) is 7.94. The van der Waals surface area contributed by atoms with Crippen LogP contribution in [-0.2, 0) is 19.3 Å². The van der Waals surface area contributed by atoms with Crippen LogP contribution in [-0.4, -0.2) is 9.97 Å². The molecule has 0 aliphatic heterocycles. The fourth-order valence-corrected chi connectivity index (χ4v) is 3.50. The molecule has 0 saturated carbocycles. The number of imidazole rings is 1. The highest BCUT2D eigenvalue weighted by Crippen LogP contribution is 2.28. The Morgan fingerprint density at radius 1 is 1.37 bits per heavy atom. The first-order chi connectivity index (χ1) is 8.87. The maximum Gasteiger partial charge on any atom is 0.106 e. The van der Waals surface area contributed by atoms with Crippen molar-refractivity contribution in [2.45, 2.75) is 73.1 Å². The number of hydrogen-bond donors (Lipinski definition) is 1. The molecule has 0 aromatic carbocycles. The van der Waals surface area contributed by atoms with Crippen LogP contribution >= 0.6 is 0 Å². The fraction of sp³-hybridized carbons (Fsp3) is 0.824. The molecule has 2 unspecified atom stereocenters. The number of aromatic nitrogens is 2. The quantitative estimate of drug-likeness (QED) is 0.848. The predicted molar refractivity (Wildman–Crippen MR) is 81.3 cm³/mol. The second-order valence-electron chi connectivity index (χ2n) is 7.70. The highest BCUT2D eigenvalue weighted by atomic mass is 14.9. The number of aromatic amines is 1. The summed E-state index contributed by atoms with van der Waals surface area (Å²) in [7, 11) is 0. The zero-order chi connectivity index (χ0) is 14.0. The molecule has 0 saturated heterocycles. The summed E-state index contributed by atoms with van der Waals surface area (Å²) < 4.78 is 0. The number of rotatable bonds is 4. The smallest absolute Gasteiger partial charge is 0.106 e. The molecule has 2 heteroatoms. The van der Waals surface area contributed by atoms with Crippen molar-refractivity contribution >= 4 is 0 Å². The van der Waals surface area contributed by atoms with E-state index in [0.717, 1.165) is 12.3 Å². The Hall–Kier alpha value is -0.790. The lowest BCUT2D eigenvalue weighted by Gasteiger charge is -2.22. The summed E-state index contributed by atoms with van der Waals surface area (Å²) in [6.45, 7) is 11.6. The molecule has 0 spiro atoms. The van der Waals surface area contributed by atoms with Crippen LogP contribution in [0.4, 0.5) is 0 Å². The Morgan fingerprint density at radius 2 is 2.11 bits per heavy atom. The lowest BCUT2D eigenvalue weighted by atomic mass is 9.84. The van der Waals surface area contributed by atoms with Crippen molar-refractivity contribution in [1.29, 1.82) is 0 Å². The summed E-state index contributed by atoms with van der Waals surface area (Å²) >= 11 is 0. The molecular formula is C17H30N2. The van der Waals surface area contributed by atoms with Crippen LogP contribution in [0.5, 0.6) is 0 Å². The van der Waals surface area contributed by atoms with Crippen molar-refractivity contribution in [3.05, 3.63) is 17.2 Å². The number of nitrogens with one attached hydrogen (secondary N) is 1. The molecule has 1 N–H and O–H groups in total. The highest BCUT2D eigenvalue weighted by Gasteiger charge is 2.22. The minimum atomic E-state index is 0.416. The fourth-order valence-electron chi connectivity index (χ4n) is 3.50. The molecule has 0 fully saturated rings. The van der Waals surface area contributed by atoms with Gasteiger partial charge in [0, 0.05) is 12.1 Å². The van der Waals surface area contributed by atoms with E-state index in [1.54, 1.807) is 0 Å². The maximum atomic E-state index is 4.83. The number of H-pyrrole nitrogens is 1. The van der Waals surface area contributed by atoms with Crippen molar-refractivity contribution in [3.63, 3.8) is 0 Å². The molecule has 2 rings (SSSR count). The molecule has 19 heavy (non-hydrogen) atoms. The third-order valence-corrected chi connectivity index (χ3v) is 4.28. The molecule has 2 nitrogen and oxygen atoms in total. The van der Waals surface area contributed by atoms with E-state index in [-0.39, 0.29) is 0 Å². The molecule has 2 atom stereocenters. The molecule has 0 radical (unpaired) electrons. The normalized spacial score (nSPS) is 21.2. The van der Waals surface area contributed by atoms with Gasteiger partial charge in [-0.05, 0) is 42.9 Å². The van der Waals surface area contributed by atoms with E-state index in [1.165, 1.54) is 49.3 Å². The van der Waals surface area contributed by atoms with Gasteiger partial charge in [0.2, 0.25) is 0 Å². The molecule has 1 aromatic rings. The SMILES string of the molecule is CCC1CCc2nc(CC(C)CC(C)(C)C)[nH]c2C1. The summed E-state index contributed by atoms with van der Waals surface area (Å²) in [5.41, 5.74) is 3.19. The van der Waals surface area contributed by atoms with E-state index in [9.17, 15) is 0 Å². The number of hydrogen-bond acceptors (Lipinski definition) is 1. The van der Waals surface area contributed by atoms with Crippen LogP contribution in [0.2, 0.25) is 0 Å². The van der Waals surface area contributed by atoms with E-state index in [0.29, 0.717) is 11.3 Å². The van der Waals surface area contributed by atoms with E-state index in [1.807, 2.05) is 0 Å². The van der Waals surface area contributed by atoms with Crippen LogP contribution in [0.3, 0.4) is 0 Å². The zero-order valence-electron chi connectivity index (χ0n) is 13.3. The van der Waals surface area contributed by atoms with Gasteiger partial charge in [0.05, 0.1) is 5.69 Å². The summed E-state index contributed by atoms with van der Waals surface area (Å²) in [6.07, 6.45) is 7.38. The van der Waals surface area contributed by atoms with Gasteiger partial charge in [-0.15, -0.1) is 0 Å². The van der Waals surface area contributed by atoms with Gasteiger partial charge >= 0.3 is 0 Å². The lowest BCUT2D eigenvalue weighted by molar-refractivity contribution is 0.304. The van der Waals surface area contributed by atoms with E-state index >= 15 is 0 Å². The van der Waals surface area contributed by atoms with Crippen LogP contribution in [0.15, 0.2) is 0 Å². The van der Waals surface area contributed by atoms with Crippen molar-refractivity contribution in [1.82, 2.24) is 9.97 Å². The van der Waals surface area contributed by atoms with Gasteiger partial charge in [-0.3, -0.25) is 0 Å². The van der Waals surface area contributed by atoms with E-state index < -0.39 is 0 Å². The molecule has 1 heterocycles. The Bertz CT molecular complexity index is 411. The molecule has 0 amide bonds. The van der Waals surface area contributed by atoms with Crippen LogP contribution in [0, 0.1) is 17.3 Å². The molecule has 0 bridgehead atoms. The minimum Gasteiger partial charge on any atom is -0.346 e. The predicted octanol–water partition coefficient (Wildman–Crippen LogP) is 4.54. The maximum absolute atomic E-state index is 4.83. The highest BCUT2D eigenvalue weighted by molar-refractivity contribution is 5.18. The molecule has 1 aliphatic carbocycles. The molecular weight excluding hydrogens is 232 g/mol. The number of aryl methyl sites for hydroxylation is 1. The van der Waals surface area contributed by atoms with Crippen molar-refractivity contribution < 1.29 is 0 Å². The average molecular weight is 262 g/mol. The first kappa shape index (κ1) is 14.6. The number of nitrogens with zero attached hydrogens (tertiary/aromatic N) is 1. The topological polar surface area (TPSA) is 28.7 Å². The van der Waals surface area contributed by atoms with Gasteiger partial charge in [0.25, 0.3) is 0 Å². The molecule has 108 valence electrons. The summed E-state index contributed by atoms with van der Waals surface area (Å²) in [4.78, 5) is 8.44. The van der Waals surface area contributed by atoms with Gasteiger partial charge in [-0.2, -0.15) is 0 Å². The standard InChI is InChI=1S/C17H30N2/c1-6-13-7-8-14-15(10-13)19-16(18-14)9-12(2)11-17(3,4)5/h12-13H,6-11H2,1-5H3,(H,18,19). The van der Waals surface area contributed by atoms with Gasteiger partial charge in [0.1, 0.15) is 5.82 Å². The Kier molecular flexibility index (Phi) is 4.37. The van der Waals surface area contributed by atoms with Crippen molar-refractivity contribution in [2.24, 2.45) is 17.3 Å². The molecule has 1 aliphatic rings. The van der Waals surface area contributed by atoms with Crippen LogP contribution in [0.1, 0.15) is 71.1 Å². The lowest BCUT2D eigenvalue weighted by Crippen LogP contribution is -2.13. The van der Waals surface area contributed by atoms with Crippen molar-refractivity contribution in [2.75, 3.05) is 0 Å². The van der Waals surface area contributed by atoms with Gasteiger partial charge in [-0.1, -0.05) is 41.0 Å². The van der Waals surface area contributed by atoms with Gasteiger partial charge < -0.3 is 4.98 Å². The van der Waals surface area contributed by atoms with E-state index in [2.05, 4.69) is 39.6 Å². The number of fused-ring (bicyclic) bond motifs is 1. The van der Waals surface area contributed by atoms with Gasteiger partial charge in [-0.25, -0.2) is 4.98 Å². The Balaban J connectivity index is 1.98. The van der Waals surface area contributed by atoms with Crippen molar-refractivity contribution in [3.8, 4) is 0 Å². The van der Waals surface area contributed by atoms with Crippen LogP contribution < -0.4 is 0 Å². The zero-order valence-corrected chi connectivity index (χ0v) is 13.3. The summed E-state index contributed by atoms with van der Waals surface area (Å²) in [5.74, 6) is 2.79. The van der Waals surface area contributed by atoms with E-state index in [4.69, 9.17) is 4.98 Å².